The minimum absolute atomic E-state index is 0.244. The second kappa shape index (κ2) is 6.28. The number of nitrogens with one attached hydrogen (secondary N) is 1. The average Bonchev–Trinajstić information content (AvgIpc) is 3.17. The van der Waals surface area contributed by atoms with Crippen LogP contribution in [0.2, 0.25) is 0 Å². The summed E-state index contributed by atoms with van der Waals surface area (Å²) in [6, 6.07) is 17.4. The van der Waals surface area contributed by atoms with Crippen molar-refractivity contribution < 1.29 is 4.79 Å². The van der Waals surface area contributed by atoms with Crippen molar-refractivity contribution >= 4 is 28.2 Å². The number of hydrogen-bond donors (Lipinski definition) is 1. The van der Waals surface area contributed by atoms with Gasteiger partial charge in [-0.25, -0.2) is 0 Å². The van der Waals surface area contributed by atoms with Crippen molar-refractivity contribution in [3.63, 3.8) is 0 Å². The molecule has 1 fully saturated rings. The zero-order valence-electron chi connectivity index (χ0n) is 13.3. The van der Waals surface area contributed by atoms with E-state index in [0.717, 1.165) is 35.4 Å². The van der Waals surface area contributed by atoms with Crippen LogP contribution in [0.25, 0.3) is 10.8 Å². The Morgan fingerprint density at radius 2 is 1.71 bits per heavy atom. The first-order chi connectivity index (χ1) is 11.8. The Labute approximate surface area is 140 Å². The lowest BCUT2D eigenvalue weighted by Gasteiger charge is -2.15. The van der Waals surface area contributed by atoms with E-state index in [2.05, 4.69) is 20.4 Å². The number of aromatic nitrogens is 2. The lowest BCUT2D eigenvalue weighted by Crippen LogP contribution is -2.21. The molecule has 1 aliphatic heterocycles. The molecule has 24 heavy (non-hydrogen) atoms. The Kier molecular flexibility index (Phi) is 3.83. The molecule has 1 saturated heterocycles. The summed E-state index contributed by atoms with van der Waals surface area (Å²) >= 11 is 0. The maximum atomic E-state index is 12.5. The third-order valence-corrected chi connectivity index (χ3v) is 4.35. The quantitative estimate of drug-likeness (QED) is 0.803. The molecule has 0 saturated carbocycles. The van der Waals surface area contributed by atoms with Crippen LogP contribution in [0.1, 0.15) is 23.3 Å². The summed E-state index contributed by atoms with van der Waals surface area (Å²) in [4.78, 5) is 14.7. The van der Waals surface area contributed by atoms with Crippen LogP contribution >= 0.6 is 0 Å². The van der Waals surface area contributed by atoms with Gasteiger partial charge in [-0.05, 0) is 36.4 Å². The number of nitrogens with zero attached hydrogens (tertiary/aromatic N) is 3. The number of carbonyl (C=O) groups excluding carboxylic acids is 1. The summed E-state index contributed by atoms with van der Waals surface area (Å²) in [6.07, 6.45) is 2.37. The van der Waals surface area contributed by atoms with Crippen LogP contribution in [0.15, 0.2) is 54.6 Å². The van der Waals surface area contributed by atoms with Gasteiger partial charge in [0.2, 0.25) is 0 Å². The highest BCUT2D eigenvalue weighted by Crippen LogP contribution is 2.23. The summed E-state index contributed by atoms with van der Waals surface area (Å²) in [6.45, 7) is 2.02. The number of hydrogen-bond acceptors (Lipinski definition) is 4. The van der Waals surface area contributed by atoms with Crippen LogP contribution in [0.5, 0.6) is 0 Å². The Bertz CT molecular complexity index is 865. The highest BCUT2D eigenvalue weighted by Gasteiger charge is 2.15. The molecule has 0 aliphatic carbocycles. The van der Waals surface area contributed by atoms with Crippen molar-refractivity contribution in [2.45, 2.75) is 12.8 Å². The fourth-order valence-corrected chi connectivity index (χ4v) is 3.08. The van der Waals surface area contributed by atoms with Crippen molar-refractivity contribution in [1.82, 2.24) is 10.2 Å². The largest absolute Gasteiger partial charge is 0.355 e. The van der Waals surface area contributed by atoms with Gasteiger partial charge >= 0.3 is 0 Å². The van der Waals surface area contributed by atoms with E-state index in [1.54, 1.807) is 6.07 Å². The van der Waals surface area contributed by atoms with Crippen molar-refractivity contribution in [2.24, 2.45) is 0 Å². The topological polar surface area (TPSA) is 58.1 Å². The van der Waals surface area contributed by atoms with Gasteiger partial charge in [-0.2, -0.15) is 0 Å². The van der Waals surface area contributed by atoms with E-state index in [4.69, 9.17) is 0 Å². The van der Waals surface area contributed by atoms with Crippen LogP contribution in [-0.4, -0.2) is 29.2 Å². The Morgan fingerprint density at radius 1 is 0.917 bits per heavy atom. The number of anilines is 2. The van der Waals surface area contributed by atoms with Gasteiger partial charge in [0.25, 0.3) is 5.91 Å². The zero-order valence-corrected chi connectivity index (χ0v) is 13.3. The number of amides is 1. The zero-order chi connectivity index (χ0) is 16.4. The predicted octanol–water partition coefficient (Wildman–Crippen LogP) is 3.48. The molecule has 1 amide bonds. The number of fused-ring (bicyclic) bond motifs is 1. The number of rotatable bonds is 3. The van der Waals surface area contributed by atoms with E-state index in [-0.39, 0.29) is 5.91 Å². The van der Waals surface area contributed by atoms with Gasteiger partial charge in [-0.3, -0.25) is 4.79 Å². The maximum Gasteiger partial charge on any atom is 0.276 e. The molecule has 2 aromatic carbocycles. The summed E-state index contributed by atoms with van der Waals surface area (Å²) in [7, 11) is 0. The van der Waals surface area contributed by atoms with Crippen LogP contribution in [-0.2, 0) is 0 Å². The summed E-state index contributed by atoms with van der Waals surface area (Å²) < 4.78 is 0. The third-order valence-electron chi connectivity index (χ3n) is 4.35. The molecule has 120 valence electrons. The van der Waals surface area contributed by atoms with Gasteiger partial charge in [0.05, 0.1) is 0 Å². The highest BCUT2D eigenvalue weighted by atomic mass is 16.1. The van der Waals surface area contributed by atoms with Crippen molar-refractivity contribution in [3.05, 3.63) is 60.3 Å². The molecule has 5 heteroatoms. The molecule has 2 heterocycles. The standard InChI is InChI=1S/C19H18N4O/c24-19(17-10-11-18(22-21-17)23-12-3-4-13-23)20-16-9-5-7-14-6-1-2-8-15(14)16/h1-2,5-11H,3-4,12-13H2,(H,20,24). The van der Waals surface area contributed by atoms with Crippen LogP contribution in [0.4, 0.5) is 11.5 Å². The molecule has 3 aromatic rings. The van der Waals surface area contributed by atoms with E-state index < -0.39 is 0 Å². The normalized spacial score (nSPS) is 14.1. The van der Waals surface area contributed by atoms with Gasteiger partial charge in [-0.15, -0.1) is 10.2 Å². The lowest BCUT2D eigenvalue weighted by molar-refractivity contribution is 0.102. The molecule has 0 bridgehead atoms. The molecule has 1 aromatic heterocycles. The average molecular weight is 318 g/mol. The molecule has 1 N–H and O–H groups in total. The van der Waals surface area contributed by atoms with Crippen LogP contribution in [0, 0.1) is 0 Å². The van der Waals surface area contributed by atoms with E-state index in [1.165, 1.54) is 12.8 Å². The summed E-state index contributed by atoms with van der Waals surface area (Å²) in [5.74, 6) is 0.598. The van der Waals surface area contributed by atoms with Crippen molar-refractivity contribution in [3.8, 4) is 0 Å². The monoisotopic (exact) mass is 318 g/mol. The van der Waals surface area contributed by atoms with Crippen molar-refractivity contribution in [1.29, 1.82) is 0 Å². The minimum Gasteiger partial charge on any atom is -0.355 e. The molecule has 0 radical (unpaired) electrons. The van der Waals surface area contributed by atoms with Gasteiger partial charge in [0.1, 0.15) is 0 Å². The number of carbonyl (C=O) groups is 1. The van der Waals surface area contributed by atoms with Crippen LogP contribution in [0.3, 0.4) is 0 Å². The summed E-state index contributed by atoms with van der Waals surface area (Å²) in [5.41, 5.74) is 1.11. The van der Waals surface area contributed by atoms with E-state index in [0.29, 0.717) is 5.69 Å². The molecule has 0 atom stereocenters. The Hall–Kier alpha value is -2.95. The second-order valence-corrected chi connectivity index (χ2v) is 5.95. The van der Waals surface area contributed by atoms with E-state index in [9.17, 15) is 4.79 Å². The van der Waals surface area contributed by atoms with Gasteiger partial charge < -0.3 is 10.2 Å². The second-order valence-electron chi connectivity index (χ2n) is 5.95. The summed E-state index contributed by atoms with van der Waals surface area (Å²) in [5, 5.41) is 13.3. The highest BCUT2D eigenvalue weighted by molar-refractivity contribution is 6.08. The van der Waals surface area contributed by atoms with Crippen LogP contribution < -0.4 is 10.2 Å². The molecule has 0 spiro atoms. The fourth-order valence-electron chi connectivity index (χ4n) is 3.08. The molecular weight excluding hydrogens is 300 g/mol. The maximum absolute atomic E-state index is 12.5. The first-order valence-corrected chi connectivity index (χ1v) is 8.19. The Balaban J connectivity index is 1.55. The third kappa shape index (κ3) is 2.80. The van der Waals surface area contributed by atoms with E-state index >= 15 is 0 Å². The SMILES string of the molecule is O=C(Nc1cccc2ccccc12)c1ccc(N2CCCC2)nn1. The van der Waals surface area contributed by atoms with E-state index in [1.807, 2.05) is 48.5 Å². The van der Waals surface area contributed by atoms with Gasteiger partial charge in [0.15, 0.2) is 11.5 Å². The first kappa shape index (κ1) is 14.6. The van der Waals surface area contributed by atoms with Gasteiger partial charge in [-0.1, -0.05) is 36.4 Å². The molecule has 1 aliphatic rings. The number of benzene rings is 2. The fraction of sp³-hybridized carbons (Fsp3) is 0.211. The lowest BCUT2D eigenvalue weighted by atomic mass is 10.1. The molecular formula is C19H18N4O. The Morgan fingerprint density at radius 3 is 2.50 bits per heavy atom. The molecule has 4 rings (SSSR count). The smallest absolute Gasteiger partial charge is 0.276 e. The molecule has 0 unspecified atom stereocenters. The first-order valence-electron chi connectivity index (χ1n) is 8.19. The minimum atomic E-state index is -0.244. The van der Waals surface area contributed by atoms with Crippen molar-refractivity contribution in [2.75, 3.05) is 23.3 Å². The van der Waals surface area contributed by atoms with Gasteiger partial charge in [0, 0.05) is 24.2 Å². The predicted molar refractivity (Wildman–Crippen MR) is 95.4 cm³/mol. The molecule has 5 nitrogen and oxygen atoms in total.